The zero-order chi connectivity index (χ0) is 27.3. The predicted octanol–water partition coefficient (Wildman–Crippen LogP) is 3.00. The molecule has 208 valence electrons. The quantitative estimate of drug-likeness (QED) is 0.408. The highest BCUT2D eigenvalue weighted by Crippen LogP contribution is 2.45. The minimum atomic E-state index is -1.43. The molecule has 8 nitrogen and oxygen atoms in total. The number of amides is 1. The Kier molecular flexibility index (Phi) is 9.44. The summed E-state index contributed by atoms with van der Waals surface area (Å²) in [6, 6.07) is 13.6. The first-order chi connectivity index (χ1) is 18.3. The Morgan fingerprint density at radius 1 is 1.18 bits per heavy atom. The van der Waals surface area contributed by atoms with E-state index >= 15 is 0 Å². The molecule has 1 aliphatic carbocycles. The van der Waals surface area contributed by atoms with Gasteiger partial charge in [-0.1, -0.05) is 42.0 Å². The molecule has 1 saturated carbocycles. The summed E-state index contributed by atoms with van der Waals surface area (Å²) in [5.41, 5.74) is 8.20. The number of morpholine rings is 1. The maximum Gasteiger partial charge on any atom is 0.226 e. The standard InChI is InChI=1S/C30H42N2O6/c1-20-8-6-9-21(16-20)23-10-7-11-26(37-3)28(23)30(35,12-4-5-14-36-2)27-19-32(13-15-38-27)29(34)22-17-24(31)25(33)18-22/h6-11,16,22,24-25,27,33,35H,4-5,12-15,17-19,31H2,1-3H3/t22-,24+,25-,27+,30+/m0/s1. The molecule has 0 radical (unpaired) electrons. The molecule has 4 N–H and O–H groups in total. The van der Waals surface area contributed by atoms with Crippen LogP contribution in [0.2, 0.25) is 0 Å². The highest BCUT2D eigenvalue weighted by atomic mass is 16.5. The van der Waals surface area contributed by atoms with E-state index in [1.54, 1.807) is 19.1 Å². The molecule has 1 heterocycles. The first-order valence-electron chi connectivity index (χ1n) is 13.6. The molecule has 38 heavy (non-hydrogen) atoms. The summed E-state index contributed by atoms with van der Waals surface area (Å²) in [6.45, 7) is 3.63. The van der Waals surface area contributed by atoms with Gasteiger partial charge in [0.1, 0.15) is 17.5 Å². The highest BCUT2D eigenvalue weighted by Gasteiger charge is 2.47. The predicted molar refractivity (Wildman–Crippen MR) is 146 cm³/mol. The van der Waals surface area contributed by atoms with E-state index in [4.69, 9.17) is 19.9 Å². The van der Waals surface area contributed by atoms with Gasteiger partial charge >= 0.3 is 0 Å². The van der Waals surface area contributed by atoms with Crippen molar-refractivity contribution in [1.29, 1.82) is 0 Å². The Hall–Kier alpha value is -2.49. The molecule has 0 unspecified atom stereocenters. The maximum atomic E-state index is 13.4. The third-order valence-corrected chi connectivity index (χ3v) is 8.00. The van der Waals surface area contributed by atoms with Crippen LogP contribution in [0.15, 0.2) is 42.5 Å². The topological polar surface area (TPSA) is 114 Å². The summed E-state index contributed by atoms with van der Waals surface area (Å²) >= 11 is 0. The molecular weight excluding hydrogens is 484 g/mol. The van der Waals surface area contributed by atoms with Gasteiger partial charge in [0.2, 0.25) is 5.91 Å². The number of aliphatic hydroxyl groups is 2. The van der Waals surface area contributed by atoms with Gasteiger partial charge in [-0.15, -0.1) is 0 Å². The van der Waals surface area contributed by atoms with Gasteiger partial charge in [-0.3, -0.25) is 4.79 Å². The second-order valence-electron chi connectivity index (χ2n) is 10.7. The lowest BCUT2D eigenvalue weighted by Gasteiger charge is -2.44. The van der Waals surface area contributed by atoms with E-state index < -0.39 is 17.8 Å². The van der Waals surface area contributed by atoms with Crippen LogP contribution in [0, 0.1) is 12.8 Å². The van der Waals surface area contributed by atoms with Gasteiger partial charge < -0.3 is 35.1 Å². The number of nitrogens with two attached hydrogens (primary N) is 1. The second kappa shape index (κ2) is 12.6. The smallest absolute Gasteiger partial charge is 0.226 e. The summed E-state index contributed by atoms with van der Waals surface area (Å²) < 4.78 is 17.3. The van der Waals surface area contributed by atoms with Gasteiger partial charge in [0, 0.05) is 37.8 Å². The first kappa shape index (κ1) is 28.5. The number of rotatable bonds is 10. The molecule has 2 aromatic carbocycles. The molecule has 2 fully saturated rings. The fraction of sp³-hybridized carbons (Fsp3) is 0.567. The van der Waals surface area contributed by atoms with Gasteiger partial charge in [0.15, 0.2) is 0 Å². The van der Waals surface area contributed by atoms with Crippen LogP contribution in [0.25, 0.3) is 11.1 Å². The van der Waals surface area contributed by atoms with Crippen LogP contribution in [0.3, 0.4) is 0 Å². The molecule has 1 saturated heterocycles. The number of hydrogen-bond acceptors (Lipinski definition) is 7. The van der Waals surface area contributed by atoms with Gasteiger partial charge in [0.25, 0.3) is 0 Å². The van der Waals surface area contributed by atoms with E-state index in [0.717, 1.165) is 23.1 Å². The number of carbonyl (C=O) groups excluding carboxylic acids is 1. The number of hydrogen-bond donors (Lipinski definition) is 3. The fourth-order valence-electron chi connectivity index (χ4n) is 5.94. The van der Waals surface area contributed by atoms with Gasteiger partial charge in [0.05, 0.1) is 26.4 Å². The average molecular weight is 527 g/mol. The van der Waals surface area contributed by atoms with Crippen molar-refractivity contribution in [1.82, 2.24) is 4.90 Å². The van der Waals surface area contributed by atoms with Crippen LogP contribution in [-0.2, 0) is 19.9 Å². The van der Waals surface area contributed by atoms with Gasteiger partial charge in [-0.2, -0.15) is 0 Å². The molecule has 0 aromatic heterocycles. The Bertz CT molecular complexity index is 1080. The summed E-state index contributed by atoms with van der Waals surface area (Å²) in [6.07, 6.45) is 1.40. The first-order valence-corrected chi connectivity index (χ1v) is 13.6. The summed E-state index contributed by atoms with van der Waals surface area (Å²) in [4.78, 5) is 15.2. The molecule has 0 spiro atoms. The third-order valence-electron chi connectivity index (χ3n) is 8.00. The van der Waals surface area contributed by atoms with Gasteiger partial charge in [-0.25, -0.2) is 0 Å². The number of ether oxygens (including phenoxy) is 3. The third kappa shape index (κ3) is 6.05. The van der Waals surface area contributed by atoms with Gasteiger partial charge in [-0.05, 0) is 56.2 Å². The van der Waals surface area contributed by atoms with Crippen molar-refractivity contribution in [2.45, 2.75) is 62.9 Å². The molecule has 8 heteroatoms. The Labute approximate surface area is 225 Å². The van der Waals surface area contributed by atoms with Crippen molar-refractivity contribution >= 4 is 5.91 Å². The zero-order valence-corrected chi connectivity index (χ0v) is 22.8. The minimum Gasteiger partial charge on any atom is -0.496 e. The summed E-state index contributed by atoms with van der Waals surface area (Å²) in [5.74, 6) is 0.226. The Morgan fingerprint density at radius 3 is 2.66 bits per heavy atom. The molecule has 2 aliphatic rings. The highest BCUT2D eigenvalue weighted by molar-refractivity contribution is 5.79. The van der Waals surface area contributed by atoms with Crippen molar-refractivity contribution in [3.8, 4) is 16.9 Å². The lowest BCUT2D eigenvalue weighted by atomic mass is 9.78. The number of aryl methyl sites for hydroxylation is 1. The maximum absolute atomic E-state index is 13.4. The SMILES string of the molecule is COCCCC[C@](O)(c1c(OC)cccc1-c1cccc(C)c1)[C@H]1CN(C(=O)[C@H]2C[C@@H](N)[C@@H](O)C2)CCO1. The van der Waals surface area contributed by atoms with Crippen LogP contribution >= 0.6 is 0 Å². The number of benzene rings is 2. The van der Waals surface area contributed by atoms with E-state index in [2.05, 4.69) is 6.07 Å². The zero-order valence-electron chi connectivity index (χ0n) is 22.8. The van der Waals surface area contributed by atoms with Crippen LogP contribution in [0.5, 0.6) is 5.75 Å². The normalized spacial score (nSPS) is 25.3. The Morgan fingerprint density at radius 2 is 1.97 bits per heavy atom. The molecule has 5 atom stereocenters. The number of nitrogens with zero attached hydrogens (tertiary/aromatic N) is 1. The number of unbranched alkanes of at least 4 members (excludes halogenated alkanes) is 1. The van der Waals surface area contributed by atoms with E-state index in [-0.39, 0.29) is 24.4 Å². The minimum absolute atomic E-state index is 0.0361. The van der Waals surface area contributed by atoms with E-state index in [0.29, 0.717) is 56.8 Å². The number of carbonyl (C=O) groups is 1. The lowest BCUT2D eigenvalue weighted by molar-refractivity contribution is -0.168. The molecule has 1 amide bonds. The molecule has 2 aromatic rings. The second-order valence-corrected chi connectivity index (χ2v) is 10.7. The fourth-order valence-corrected chi connectivity index (χ4v) is 5.94. The Balaban J connectivity index is 1.72. The monoisotopic (exact) mass is 526 g/mol. The van der Waals surface area contributed by atoms with E-state index in [9.17, 15) is 15.0 Å². The van der Waals surface area contributed by atoms with Crippen LogP contribution in [-0.4, -0.2) is 79.8 Å². The van der Waals surface area contributed by atoms with Crippen molar-refractivity contribution in [3.63, 3.8) is 0 Å². The van der Waals surface area contributed by atoms with Crippen molar-refractivity contribution in [2.24, 2.45) is 11.7 Å². The average Bonchev–Trinajstić information content (AvgIpc) is 3.27. The largest absolute Gasteiger partial charge is 0.496 e. The summed E-state index contributed by atoms with van der Waals surface area (Å²) in [7, 11) is 3.28. The molecule has 4 rings (SSSR count). The lowest BCUT2D eigenvalue weighted by Crippen LogP contribution is -2.55. The molecular formula is C30H42N2O6. The summed E-state index contributed by atoms with van der Waals surface area (Å²) in [5, 5.41) is 22.8. The van der Waals surface area contributed by atoms with Crippen LogP contribution in [0.4, 0.5) is 0 Å². The van der Waals surface area contributed by atoms with E-state index in [1.807, 2.05) is 43.3 Å². The molecule has 0 bridgehead atoms. The van der Waals surface area contributed by atoms with Crippen molar-refractivity contribution in [3.05, 3.63) is 53.6 Å². The number of methoxy groups -OCH3 is 2. The van der Waals surface area contributed by atoms with Crippen LogP contribution < -0.4 is 10.5 Å². The number of aliphatic hydroxyl groups excluding tert-OH is 1. The van der Waals surface area contributed by atoms with Crippen molar-refractivity contribution < 1.29 is 29.2 Å². The molecule has 1 aliphatic heterocycles. The van der Waals surface area contributed by atoms with E-state index in [1.165, 1.54) is 0 Å². The van der Waals surface area contributed by atoms with Crippen molar-refractivity contribution in [2.75, 3.05) is 40.5 Å². The van der Waals surface area contributed by atoms with Crippen LogP contribution in [0.1, 0.15) is 43.2 Å².